The topological polar surface area (TPSA) is 108 Å². The number of nitrogens with one attached hydrogen (secondary N) is 3. The SMILES string of the molecule is CC(C)(CCC(=O)O)NC(=O)c1ccc(NC(=O)Nc2ccccc2)cc1. The van der Waals surface area contributed by atoms with E-state index in [1.807, 2.05) is 18.2 Å². The molecule has 142 valence electrons. The van der Waals surface area contributed by atoms with Crippen molar-refractivity contribution in [2.24, 2.45) is 0 Å². The number of hydrogen-bond acceptors (Lipinski definition) is 3. The number of carboxylic acids is 1. The molecular weight excluding hydrogens is 346 g/mol. The highest BCUT2D eigenvalue weighted by molar-refractivity contribution is 6.00. The average Bonchev–Trinajstić information content (AvgIpc) is 2.61. The summed E-state index contributed by atoms with van der Waals surface area (Å²) in [5, 5.41) is 17.0. The standard InChI is InChI=1S/C20H23N3O4/c1-20(2,13-12-17(24)25)23-18(26)14-8-10-16(11-9-14)22-19(27)21-15-6-4-3-5-7-15/h3-11H,12-13H2,1-2H3,(H,23,26)(H,24,25)(H2,21,22,27). The van der Waals surface area contributed by atoms with Crippen LogP contribution in [0.1, 0.15) is 37.0 Å². The van der Waals surface area contributed by atoms with E-state index in [0.717, 1.165) is 0 Å². The predicted octanol–water partition coefficient (Wildman–Crippen LogP) is 3.70. The fourth-order valence-electron chi connectivity index (χ4n) is 2.38. The van der Waals surface area contributed by atoms with Gasteiger partial charge >= 0.3 is 12.0 Å². The van der Waals surface area contributed by atoms with Crippen LogP contribution in [-0.4, -0.2) is 28.6 Å². The molecule has 0 bridgehead atoms. The Balaban J connectivity index is 1.91. The summed E-state index contributed by atoms with van der Waals surface area (Å²) < 4.78 is 0. The van der Waals surface area contributed by atoms with Gasteiger partial charge in [-0.05, 0) is 56.7 Å². The van der Waals surface area contributed by atoms with Crippen LogP contribution < -0.4 is 16.0 Å². The highest BCUT2D eigenvalue weighted by Gasteiger charge is 2.22. The van der Waals surface area contributed by atoms with Crippen molar-refractivity contribution < 1.29 is 19.5 Å². The van der Waals surface area contributed by atoms with Crippen LogP contribution in [0.25, 0.3) is 0 Å². The van der Waals surface area contributed by atoms with Crippen molar-refractivity contribution in [1.29, 1.82) is 0 Å². The molecule has 0 radical (unpaired) electrons. The van der Waals surface area contributed by atoms with Gasteiger partial charge in [0.05, 0.1) is 0 Å². The number of para-hydroxylation sites is 1. The first-order valence-corrected chi connectivity index (χ1v) is 8.53. The fourth-order valence-corrected chi connectivity index (χ4v) is 2.38. The monoisotopic (exact) mass is 369 g/mol. The van der Waals surface area contributed by atoms with Gasteiger partial charge in [-0.25, -0.2) is 4.79 Å². The first-order chi connectivity index (χ1) is 12.7. The molecule has 7 nitrogen and oxygen atoms in total. The second-order valence-corrected chi connectivity index (χ2v) is 6.75. The van der Waals surface area contributed by atoms with E-state index < -0.39 is 11.5 Å². The smallest absolute Gasteiger partial charge is 0.323 e. The van der Waals surface area contributed by atoms with E-state index in [2.05, 4.69) is 16.0 Å². The zero-order valence-electron chi connectivity index (χ0n) is 15.3. The van der Waals surface area contributed by atoms with E-state index in [4.69, 9.17) is 5.11 Å². The Morgan fingerprint density at radius 3 is 2.00 bits per heavy atom. The molecule has 0 fully saturated rings. The average molecular weight is 369 g/mol. The first-order valence-electron chi connectivity index (χ1n) is 8.53. The van der Waals surface area contributed by atoms with Crippen LogP contribution in [0, 0.1) is 0 Å². The first kappa shape index (κ1) is 20.0. The number of benzene rings is 2. The molecular formula is C20H23N3O4. The lowest BCUT2D eigenvalue weighted by Crippen LogP contribution is -2.43. The Bertz CT molecular complexity index is 802. The molecule has 0 saturated heterocycles. The van der Waals surface area contributed by atoms with Gasteiger partial charge in [-0.15, -0.1) is 0 Å². The van der Waals surface area contributed by atoms with Gasteiger partial charge < -0.3 is 21.1 Å². The van der Waals surface area contributed by atoms with Crippen LogP contribution in [-0.2, 0) is 4.79 Å². The third kappa shape index (κ3) is 6.81. The molecule has 0 atom stereocenters. The van der Waals surface area contributed by atoms with E-state index in [-0.39, 0.29) is 18.4 Å². The zero-order valence-corrected chi connectivity index (χ0v) is 15.3. The Hall–Kier alpha value is -3.35. The quantitative estimate of drug-likeness (QED) is 0.597. The summed E-state index contributed by atoms with van der Waals surface area (Å²) in [5.74, 6) is -1.20. The Morgan fingerprint density at radius 1 is 0.889 bits per heavy atom. The summed E-state index contributed by atoms with van der Waals surface area (Å²) in [6.45, 7) is 3.55. The van der Waals surface area contributed by atoms with E-state index in [0.29, 0.717) is 23.4 Å². The van der Waals surface area contributed by atoms with Gasteiger partial charge in [-0.1, -0.05) is 18.2 Å². The highest BCUT2D eigenvalue weighted by Crippen LogP contribution is 2.15. The molecule has 2 rings (SSSR count). The van der Waals surface area contributed by atoms with Crippen molar-refractivity contribution in [3.05, 3.63) is 60.2 Å². The number of aliphatic carboxylic acids is 1. The van der Waals surface area contributed by atoms with Crippen molar-refractivity contribution in [1.82, 2.24) is 5.32 Å². The lowest BCUT2D eigenvalue weighted by atomic mass is 9.97. The summed E-state index contributed by atoms with van der Waals surface area (Å²) >= 11 is 0. The molecule has 0 unspecified atom stereocenters. The summed E-state index contributed by atoms with van der Waals surface area (Å²) in [4.78, 5) is 35.0. The molecule has 0 saturated carbocycles. The second-order valence-electron chi connectivity index (χ2n) is 6.75. The minimum Gasteiger partial charge on any atom is -0.481 e. The molecule has 2 aromatic carbocycles. The molecule has 27 heavy (non-hydrogen) atoms. The Labute approximate surface area is 157 Å². The number of amides is 3. The van der Waals surface area contributed by atoms with E-state index in [9.17, 15) is 14.4 Å². The maximum absolute atomic E-state index is 12.3. The maximum atomic E-state index is 12.3. The summed E-state index contributed by atoms with van der Waals surface area (Å²) in [5.41, 5.74) is 1.01. The summed E-state index contributed by atoms with van der Waals surface area (Å²) in [7, 11) is 0. The highest BCUT2D eigenvalue weighted by atomic mass is 16.4. The number of hydrogen-bond donors (Lipinski definition) is 4. The van der Waals surface area contributed by atoms with Crippen LogP contribution in [0.15, 0.2) is 54.6 Å². The molecule has 0 aromatic heterocycles. The van der Waals surface area contributed by atoms with Crippen LogP contribution in [0.3, 0.4) is 0 Å². The van der Waals surface area contributed by atoms with Gasteiger partial charge in [-0.3, -0.25) is 9.59 Å². The molecule has 3 amide bonds. The predicted molar refractivity (Wildman–Crippen MR) is 104 cm³/mol. The normalized spacial score (nSPS) is 10.7. The molecule has 0 aliphatic heterocycles. The zero-order chi connectivity index (χ0) is 19.9. The van der Waals surface area contributed by atoms with Crippen LogP contribution in [0.5, 0.6) is 0 Å². The maximum Gasteiger partial charge on any atom is 0.323 e. The van der Waals surface area contributed by atoms with Crippen molar-refractivity contribution in [2.45, 2.75) is 32.2 Å². The number of rotatable bonds is 7. The number of carbonyl (C=O) groups excluding carboxylic acids is 2. The van der Waals surface area contributed by atoms with Gasteiger partial charge in [0.15, 0.2) is 0 Å². The third-order valence-electron chi connectivity index (χ3n) is 3.85. The van der Waals surface area contributed by atoms with Crippen molar-refractivity contribution >= 4 is 29.3 Å². The molecule has 0 heterocycles. The van der Waals surface area contributed by atoms with E-state index >= 15 is 0 Å². The lowest BCUT2D eigenvalue weighted by molar-refractivity contribution is -0.137. The van der Waals surface area contributed by atoms with Crippen LogP contribution in [0.2, 0.25) is 0 Å². The fraction of sp³-hybridized carbons (Fsp3) is 0.250. The Kier molecular flexibility index (Phi) is 6.54. The molecule has 0 aliphatic rings. The Morgan fingerprint density at radius 2 is 1.44 bits per heavy atom. The third-order valence-corrected chi connectivity index (χ3v) is 3.85. The van der Waals surface area contributed by atoms with Gasteiger partial charge in [0.25, 0.3) is 5.91 Å². The van der Waals surface area contributed by atoms with Gasteiger partial charge in [0.2, 0.25) is 0 Å². The van der Waals surface area contributed by atoms with Gasteiger partial charge in [0, 0.05) is 28.9 Å². The van der Waals surface area contributed by atoms with Crippen molar-refractivity contribution in [3.8, 4) is 0 Å². The van der Waals surface area contributed by atoms with E-state index in [1.165, 1.54) is 0 Å². The summed E-state index contributed by atoms with van der Waals surface area (Å²) in [6.07, 6.45) is 0.306. The second kappa shape index (κ2) is 8.84. The molecule has 2 aromatic rings. The van der Waals surface area contributed by atoms with Crippen LogP contribution >= 0.6 is 0 Å². The lowest BCUT2D eigenvalue weighted by Gasteiger charge is -2.25. The van der Waals surface area contributed by atoms with Crippen LogP contribution in [0.4, 0.5) is 16.2 Å². The minimum atomic E-state index is -0.901. The van der Waals surface area contributed by atoms with Crippen molar-refractivity contribution in [3.63, 3.8) is 0 Å². The largest absolute Gasteiger partial charge is 0.481 e. The van der Waals surface area contributed by atoms with E-state index in [1.54, 1.807) is 50.2 Å². The van der Waals surface area contributed by atoms with Crippen molar-refractivity contribution in [2.75, 3.05) is 10.6 Å². The number of carbonyl (C=O) groups is 3. The number of anilines is 2. The molecule has 4 N–H and O–H groups in total. The van der Waals surface area contributed by atoms with Gasteiger partial charge in [0.1, 0.15) is 0 Å². The summed E-state index contributed by atoms with van der Waals surface area (Å²) in [6, 6.07) is 15.1. The minimum absolute atomic E-state index is 0.0212. The van der Waals surface area contributed by atoms with Gasteiger partial charge in [-0.2, -0.15) is 0 Å². The molecule has 0 aliphatic carbocycles. The molecule has 0 spiro atoms. The number of carboxylic acid groups (broad SMARTS) is 1. The molecule has 7 heteroatoms. The number of urea groups is 1.